The minimum Gasteiger partial charge on any atom is -0.463 e. The Morgan fingerprint density at radius 2 is 2.07 bits per heavy atom. The summed E-state index contributed by atoms with van der Waals surface area (Å²) in [5, 5.41) is 17.0. The molecule has 0 bridgehead atoms. The molecule has 150 valence electrons. The van der Waals surface area contributed by atoms with Gasteiger partial charge in [-0.1, -0.05) is 18.2 Å². The Kier molecular flexibility index (Phi) is 5.02. The minimum atomic E-state index is -1.14. The number of benzene rings is 1. The third-order valence-electron chi connectivity index (χ3n) is 4.69. The number of pyridine rings is 1. The zero-order chi connectivity index (χ0) is 21.3. The Morgan fingerprint density at radius 3 is 2.73 bits per heavy atom. The van der Waals surface area contributed by atoms with Crippen molar-refractivity contribution in [3.05, 3.63) is 71.9 Å². The second-order valence-corrected chi connectivity index (χ2v) is 7.01. The normalized spacial score (nSPS) is 12.1. The fraction of sp³-hybridized carbons (Fsp3) is 0.182. The number of nitrogens with one attached hydrogen (secondary N) is 1. The number of aromatic nitrogens is 3. The summed E-state index contributed by atoms with van der Waals surface area (Å²) >= 11 is 0. The van der Waals surface area contributed by atoms with Gasteiger partial charge in [0.25, 0.3) is 5.91 Å². The van der Waals surface area contributed by atoms with Crippen LogP contribution < -0.4 is 5.32 Å². The minimum absolute atomic E-state index is 0.0167. The van der Waals surface area contributed by atoms with E-state index < -0.39 is 17.8 Å². The van der Waals surface area contributed by atoms with Gasteiger partial charge in [-0.25, -0.2) is 14.1 Å². The fourth-order valence-electron chi connectivity index (χ4n) is 3.23. The van der Waals surface area contributed by atoms with Crippen molar-refractivity contribution >= 4 is 16.9 Å². The molecular weight excluding hydrogens is 385 g/mol. The highest BCUT2D eigenvalue weighted by molar-refractivity contribution is 6.06. The van der Waals surface area contributed by atoms with Gasteiger partial charge >= 0.3 is 0 Å². The van der Waals surface area contributed by atoms with E-state index in [9.17, 15) is 14.4 Å². The van der Waals surface area contributed by atoms with E-state index in [1.165, 1.54) is 24.5 Å². The van der Waals surface area contributed by atoms with Gasteiger partial charge < -0.3 is 9.73 Å². The van der Waals surface area contributed by atoms with Crippen molar-refractivity contribution in [2.45, 2.75) is 25.9 Å². The number of nitrogens with zero attached hydrogens (tertiary/aromatic N) is 4. The summed E-state index contributed by atoms with van der Waals surface area (Å²) in [6.07, 6.45) is 3.08. The van der Waals surface area contributed by atoms with Gasteiger partial charge in [0.2, 0.25) is 0 Å². The molecule has 30 heavy (non-hydrogen) atoms. The van der Waals surface area contributed by atoms with E-state index in [0.29, 0.717) is 22.5 Å². The highest BCUT2D eigenvalue weighted by Gasteiger charge is 2.23. The van der Waals surface area contributed by atoms with Crippen LogP contribution in [0.1, 0.15) is 41.9 Å². The zero-order valence-corrected chi connectivity index (χ0v) is 16.3. The second-order valence-electron chi connectivity index (χ2n) is 7.01. The Hall–Kier alpha value is -3.99. The highest BCUT2D eigenvalue weighted by atomic mass is 19.1. The van der Waals surface area contributed by atoms with Crippen LogP contribution in [0.2, 0.25) is 0 Å². The summed E-state index contributed by atoms with van der Waals surface area (Å²) in [6.45, 7) is 3.91. The average molecular weight is 403 g/mol. The monoisotopic (exact) mass is 403 g/mol. The molecule has 1 unspecified atom stereocenters. The number of amides is 1. The lowest BCUT2D eigenvalue weighted by molar-refractivity contribution is 0.0946. The summed E-state index contributed by atoms with van der Waals surface area (Å²) in [4.78, 5) is 17.7. The van der Waals surface area contributed by atoms with E-state index in [4.69, 9.17) is 4.42 Å². The van der Waals surface area contributed by atoms with Gasteiger partial charge in [-0.15, -0.1) is 0 Å². The molecule has 4 aromatic rings. The maximum Gasteiger partial charge on any atom is 0.253 e. The van der Waals surface area contributed by atoms with Gasteiger partial charge in [-0.3, -0.25) is 4.79 Å². The third kappa shape index (κ3) is 3.42. The molecule has 7 nitrogen and oxygen atoms in total. The SMILES string of the molecule is CC(C)n1ncc2c(C(=O)NC(C#N)c3ccccc3F)cc(-c3ccco3)nc21. The molecule has 3 heterocycles. The predicted molar refractivity (Wildman–Crippen MR) is 108 cm³/mol. The molecule has 3 aromatic heterocycles. The van der Waals surface area contributed by atoms with Crippen LogP contribution in [-0.2, 0) is 0 Å². The quantitative estimate of drug-likeness (QED) is 0.532. The lowest BCUT2D eigenvalue weighted by Gasteiger charge is -2.14. The van der Waals surface area contributed by atoms with Crippen LogP contribution in [0.3, 0.4) is 0 Å². The van der Waals surface area contributed by atoms with Crippen LogP contribution in [0, 0.1) is 17.1 Å². The van der Waals surface area contributed by atoms with Crippen molar-refractivity contribution in [3.63, 3.8) is 0 Å². The molecule has 8 heteroatoms. The lowest BCUT2D eigenvalue weighted by atomic mass is 10.1. The smallest absolute Gasteiger partial charge is 0.253 e. The first-order chi connectivity index (χ1) is 14.5. The van der Waals surface area contributed by atoms with Crippen LogP contribution in [0.5, 0.6) is 0 Å². The van der Waals surface area contributed by atoms with Gasteiger partial charge in [-0.2, -0.15) is 10.4 Å². The zero-order valence-electron chi connectivity index (χ0n) is 16.3. The van der Waals surface area contributed by atoms with E-state index in [1.807, 2.05) is 19.9 Å². The molecule has 0 aliphatic carbocycles. The van der Waals surface area contributed by atoms with Crippen molar-refractivity contribution in [1.29, 1.82) is 5.26 Å². The van der Waals surface area contributed by atoms with E-state index >= 15 is 0 Å². The Labute approximate surface area is 171 Å². The first-order valence-electron chi connectivity index (χ1n) is 9.36. The van der Waals surface area contributed by atoms with Crippen molar-refractivity contribution < 1.29 is 13.6 Å². The van der Waals surface area contributed by atoms with Crippen LogP contribution in [-0.4, -0.2) is 20.7 Å². The number of rotatable bonds is 5. The van der Waals surface area contributed by atoms with Crippen molar-refractivity contribution in [2.75, 3.05) is 0 Å². The second kappa shape index (κ2) is 7.79. The van der Waals surface area contributed by atoms with E-state index in [2.05, 4.69) is 15.4 Å². The van der Waals surface area contributed by atoms with Crippen molar-refractivity contribution in [3.8, 4) is 17.5 Å². The summed E-state index contributed by atoms with van der Waals surface area (Å²) in [7, 11) is 0. The lowest BCUT2D eigenvalue weighted by Crippen LogP contribution is -2.28. The summed E-state index contributed by atoms with van der Waals surface area (Å²) in [5.74, 6) is -0.602. The van der Waals surface area contributed by atoms with Crippen LogP contribution >= 0.6 is 0 Å². The van der Waals surface area contributed by atoms with Crippen LogP contribution in [0.15, 0.2) is 59.3 Å². The molecule has 1 amide bonds. The van der Waals surface area contributed by atoms with Gasteiger partial charge in [-0.05, 0) is 38.1 Å². The number of nitriles is 1. The van der Waals surface area contributed by atoms with E-state index in [1.54, 1.807) is 35.1 Å². The number of fused-ring (bicyclic) bond motifs is 1. The molecule has 0 aliphatic rings. The molecule has 4 rings (SSSR count). The topological polar surface area (TPSA) is 96.7 Å². The van der Waals surface area contributed by atoms with Gasteiger partial charge in [0, 0.05) is 11.6 Å². The predicted octanol–water partition coefficient (Wildman–Crippen LogP) is 4.41. The molecule has 0 saturated heterocycles. The first kappa shape index (κ1) is 19.3. The van der Waals surface area contributed by atoms with Gasteiger partial charge in [0.1, 0.15) is 17.6 Å². The molecule has 0 spiro atoms. The summed E-state index contributed by atoms with van der Waals surface area (Å²) < 4.78 is 21.3. The third-order valence-corrected chi connectivity index (χ3v) is 4.69. The van der Waals surface area contributed by atoms with Crippen molar-refractivity contribution in [1.82, 2.24) is 20.1 Å². The summed E-state index contributed by atoms with van der Waals surface area (Å²) in [5.41, 5.74) is 1.35. The van der Waals surface area contributed by atoms with Crippen LogP contribution in [0.25, 0.3) is 22.5 Å². The number of hydrogen-bond donors (Lipinski definition) is 1. The standard InChI is InChI=1S/C22H18FN5O2/c1-13(2)28-21-16(12-25-28)15(10-18(26-21)20-8-5-9-30-20)22(29)27-19(11-24)14-6-3-4-7-17(14)23/h3-10,12-13,19H,1-2H3,(H,27,29). The first-order valence-corrected chi connectivity index (χ1v) is 9.36. The van der Waals surface area contributed by atoms with Crippen molar-refractivity contribution in [2.24, 2.45) is 0 Å². The fourth-order valence-corrected chi connectivity index (χ4v) is 3.23. The molecule has 1 N–H and O–H groups in total. The maximum absolute atomic E-state index is 14.1. The van der Waals surface area contributed by atoms with Gasteiger partial charge in [0.05, 0.1) is 29.5 Å². The summed E-state index contributed by atoms with van der Waals surface area (Å²) in [6, 6.07) is 11.7. The number of furan rings is 1. The van der Waals surface area contributed by atoms with Crippen LogP contribution in [0.4, 0.5) is 4.39 Å². The molecule has 0 aliphatic heterocycles. The largest absolute Gasteiger partial charge is 0.463 e. The molecule has 0 radical (unpaired) electrons. The Morgan fingerprint density at radius 1 is 1.27 bits per heavy atom. The molecule has 1 aromatic carbocycles. The number of carbonyl (C=O) groups excluding carboxylic acids is 1. The Balaban J connectivity index is 1.80. The molecule has 0 saturated carbocycles. The number of carbonyl (C=O) groups is 1. The average Bonchev–Trinajstić information content (AvgIpc) is 3.41. The number of hydrogen-bond acceptors (Lipinski definition) is 5. The van der Waals surface area contributed by atoms with E-state index in [0.717, 1.165) is 0 Å². The highest BCUT2D eigenvalue weighted by Crippen LogP contribution is 2.27. The molecule has 0 fully saturated rings. The van der Waals surface area contributed by atoms with Gasteiger partial charge in [0.15, 0.2) is 11.4 Å². The van der Waals surface area contributed by atoms with E-state index in [-0.39, 0.29) is 17.2 Å². The molecule has 1 atom stereocenters. The Bertz CT molecular complexity index is 1250. The molecular formula is C22H18FN5O2. The number of halogens is 1. The maximum atomic E-state index is 14.1.